The third-order valence-electron chi connectivity index (χ3n) is 9.57. The fraction of sp³-hybridized carbons (Fsp3) is 0.442. The maximum Gasteiger partial charge on any atom is 0.187 e. The Balaban J connectivity index is 1.26. The zero-order valence-electron chi connectivity index (χ0n) is 30.4. The van der Waals surface area contributed by atoms with Crippen molar-refractivity contribution in [1.82, 2.24) is 0 Å². The van der Waals surface area contributed by atoms with Crippen LogP contribution in [0.5, 0.6) is 0 Å². The van der Waals surface area contributed by atoms with Crippen LogP contribution in [0.3, 0.4) is 0 Å². The Labute approximate surface area is 317 Å². The third kappa shape index (κ3) is 11.2. The lowest BCUT2D eigenvalue weighted by Gasteiger charge is -2.49. The third-order valence-corrected chi connectivity index (χ3v) is 10.8. The molecule has 0 saturated carbocycles. The second-order valence-electron chi connectivity index (χ2n) is 13.5. The van der Waals surface area contributed by atoms with Crippen molar-refractivity contribution in [1.29, 1.82) is 0 Å². The van der Waals surface area contributed by atoms with Crippen molar-refractivity contribution in [3.05, 3.63) is 144 Å². The molecule has 2 saturated heterocycles. The first kappa shape index (κ1) is 39.6. The van der Waals surface area contributed by atoms with Gasteiger partial charge in [0.05, 0.1) is 45.7 Å². The van der Waals surface area contributed by atoms with Gasteiger partial charge in [0.2, 0.25) is 0 Å². The normalized spacial score (nSPS) is 28.8. The summed E-state index contributed by atoms with van der Waals surface area (Å²) in [7, 11) is 0. The minimum atomic E-state index is -1.33. The SMILES string of the molecule is CCS[C@@H]1OC(COCc2ccccc2)[C@@H](O[C@@H]2OC(COCc3ccccc3)[C@H](O)[C@H](O)C2OCc2ccccc2)[C@@H](OCc2ccccc2)C1C. The molecule has 4 aromatic carbocycles. The highest BCUT2D eigenvalue weighted by Crippen LogP contribution is 2.38. The first-order chi connectivity index (χ1) is 26.0. The summed E-state index contributed by atoms with van der Waals surface area (Å²) < 4.78 is 45.6. The van der Waals surface area contributed by atoms with Crippen molar-refractivity contribution in [2.24, 2.45) is 5.92 Å². The second kappa shape index (κ2) is 20.5. The van der Waals surface area contributed by atoms with Gasteiger partial charge >= 0.3 is 0 Å². The van der Waals surface area contributed by atoms with Gasteiger partial charge in [-0.15, -0.1) is 11.8 Å². The molecule has 10 heteroatoms. The van der Waals surface area contributed by atoms with Gasteiger partial charge in [0.1, 0.15) is 42.1 Å². The van der Waals surface area contributed by atoms with Crippen molar-refractivity contribution < 1.29 is 43.4 Å². The first-order valence-electron chi connectivity index (χ1n) is 18.5. The summed E-state index contributed by atoms with van der Waals surface area (Å²) >= 11 is 1.72. The molecule has 2 aliphatic rings. The molecule has 53 heavy (non-hydrogen) atoms. The standard InChI is InChI=1S/C43H52O9S/c1-3-53-43-30(2)39(48-26-33-20-12-6-13-21-33)40(36(51-43)29-47-25-32-18-10-5-11-19-32)52-42-41(49-27-34-22-14-7-15-23-34)38(45)37(44)35(50-42)28-46-24-31-16-8-4-9-17-31/h4-23,30,35-45H,3,24-29H2,1-2H3/t30?,35?,36?,37-,38-,39-,40+,41?,42-,43-/m0/s1. The van der Waals surface area contributed by atoms with Crippen molar-refractivity contribution in [3.63, 3.8) is 0 Å². The molecule has 9 nitrogen and oxygen atoms in total. The molecule has 2 N–H and O–H groups in total. The lowest BCUT2D eigenvalue weighted by molar-refractivity contribution is -0.347. The van der Waals surface area contributed by atoms with Crippen molar-refractivity contribution in [2.45, 2.75) is 94.7 Å². The molecule has 10 atom stereocenters. The van der Waals surface area contributed by atoms with Gasteiger partial charge in [0, 0.05) is 5.92 Å². The average Bonchev–Trinajstić information content (AvgIpc) is 3.19. The molecule has 0 spiro atoms. The van der Waals surface area contributed by atoms with E-state index in [1.807, 2.05) is 121 Å². The van der Waals surface area contributed by atoms with E-state index in [1.165, 1.54) is 0 Å². The van der Waals surface area contributed by atoms with E-state index in [4.69, 9.17) is 33.2 Å². The molecular formula is C43H52O9S. The Kier molecular flexibility index (Phi) is 15.3. The molecule has 0 amide bonds. The monoisotopic (exact) mass is 744 g/mol. The number of thioether (sulfide) groups is 1. The average molecular weight is 745 g/mol. The largest absolute Gasteiger partial charge is 0.387 e. The zero-order valence-corrected chi connectivity index (χ0v) is 31.2. The van der Waals surface area contributed by atoms with Crippen LogP contribution in [0.15, 0.2) is 121 Å². The molecule has 0 radical (unpaired) electrons. The van der Waals surface area contributed by atoms with Crippen LogP contribution in [0.1, 0.15) is 36.1 Å². The minimum Gasteiger partial charge on any atom is -0.387 e. The van der Waals surface area contributed by atoms with Gasteiger partial charge in [0.25, 0.3) is 0 Å². The van der Waals surface area contributed by atoms with Gasteiger partial charge < -0.3 is 43.4 Å². The lowest BCUT2D eigenvalue weighted by Crippen LogP contribution is -2.63. The van der Waals surface area contributed by atoms with Gasteiger partial charge in [-0.2, -0.15) is 0 Å². The maximum absolute atomic E-state index is 11.6. The quantitative estimate of drug-likeness (QED) is 0.117. The summed E-state index contributed by atoms with van der Waals surface area (Å²) in [5, 5.41) is 23.0. The summed E-state index contributed by atoms with van der Waals surface area (Å²) in [6.45, 7) is 5.76. The summed E-state index contributed by atoms with van der Waals surface area (Å²) in [6, 6.07) is 39.5. The van der Waals surface area contributed by atoms with E-state index in [-0.39, 0.29) is 31.2 Å². The summed E-state index contributed by atoms with van der Waals surface area (Å²) in [4.78, 5) is 0. The smallest absolute Gasteiger partial charge is 0.187 e. The summed E-state index contributed by atoms with van der Waals surface area (Å²) in [5.41, 5.74) is 3.81. The molecule has 0 aliphatic carbocycles. The van der Waals surface area contributed by atoms with Crippen LogP contribution in [-0.2, 0) is 59.6 Å². The topological polar surface area (TPSA) is 105 Å². The van der Waals surface area contributed by atoms with E-state index in [2.05, 4.69) is 13.8 Å². The van der Waals surface area contributed by atoms with Crippen molar-refractivity contribution in [2.75, 3.05) is 19.0 Å². The molecule has 0 bridgehead atoms. The van der Waals surface area contributed by atoms with Gasteiger partial charge in [-0.1, -0.05) is 135 Å². The van der Waals surface area contributed by atoms with Crippen LogP contribution in [0.4, 0.5) is 0 Å². The number of aliphatic hydroxyl groups excluding tert-OH is 2. The Hall–Kier alpha value is -3.13. The van der Waals surface area contributed by atoms with Crippen LogP contribution < -0.4 is 0 Å². The molecule has 6 rings (SSSR count). The predicted molar refractivity (Wildman–Crippen MR) is 204 cm³/mol. The van der Waals surface area contributed by atoms with Crippen LogP contribution >= 0.6 is 11.8 Å². The van der Waals surface area contributed by atoms with E-state index in [9.17, 15) is 10.2 Å². The fourth-order valence-corrected chi connectivity index (χ4v) is 7.70. The number of rotatable bonds is 18. The van der Waals surface area contributed by atoms with Gasteiger partial charge in [-0.05, 0) is 28.0 Å². The van der Waals surface area contributed by atoms with Crippen LogP contribution in [0.25, 0.3) is 0 Å². The highest BCUT2D eigenvalue weighted by atomic mass is 32.2. The second-order valence-corrected chi connectivity index (χ2v) is 14.9. The first-order valence-corrected chi connectivity index (χ1v) is 19.5. The van der Waals surface area contributed by atoms with Crippen molar-refractivity contribution >= 4 is 11.8 Å². The molecule has 4 aromatic rings. The highest BCUT2D eigenvalue weighted by Gasteiger charge is 2.51. The number of ether oxygens (including phenoxy) is 7. The summed E-state index contributed by atoms with van der Waals surface area (Å²) in [5.74, 6) is 0.784. The lowest BCUT2D eigenvalue weighted by atomic mass is 9.92. The molecule has 284 valence electrons. The molecule has 0 aromatic heterocycles. The molecule has 4 unspecified atom stereocenters. The molecule has 2 aliphatic heterocycles. The van der Waals surface area contributed by atoms with Gasteiger partial charge in [-0.25, -0.2) is 0 Å². The maximum atomic E-state index is 11.6. The Morgan fingerprint density at radius 1 is 0.547 bits per heavy atom. The Morgan fingerprint density at radius 3 is 1.49 bits per heavy atom. The Bertz CT molecular complexity index is 1580. The number of aliphatic hydroxyl groups is 2. The van der Waals surface area contributed by atoms with E-state index in [0.717, 1.165) is 28.0 Å². The zero-order chi connectivity index (χ0) is 36.8. The van der Waals surface area contributed by atoms with Crippen molar-refractivity contribution in [3.8, 4) is 0 Å². The van der Waals surface area contributed by atoms with E-state index >= 15 is 0 Å². The fourth-order valence-electron chi connectivity index (χ4n) is 6.69. The molecular weight excluding hydrogens is 693 g/mol. The van der Waals surface area contributed by atoms with E-state index in [0.29, 0.717) is 19.8 Å². The van der Waals surface area contributed by atoms with E-state index in [1.54, 1.807) is 11.8 Å². The number of benzene rings is 4. The van der Waals surface area contributed by atoms with Crippen LogP contribution in [-0.4, -0.2) is 83.6 Å². The molecule has 2 heterocycles. The highest BCUT2D eigenvalue weighted by molar-refractivity contribution is 7.99. The van der Waals surface area contributed by atoms with Gasteiger partial charge in [-0.3, -0.25) is 0 Å². The number of hydrogen-bond donors (Lipinski definition) is 2. The Morgan fingerprint density at radius 2 is 1.00 bits per heavy atom. The van der Waals surface area contributed by atoms with E-state index < -0.39 is 49.0 Å². The van der Waals surface area contributed by atoms with Gasteiger partial charge in [0.15, 0.2) is 6.29 Å². The number of hydrogen-bond acceptors (Lipinski definition) is 10. The molecule has 2 fully saturated rings. The minimum absolute atomic E-state index is 0.0305. The predicted octanol–water partition coefficient (Wildman–Crippen LogP) is 6.54. The van der Waals surface area contributed by atoms with Crippen LogP contribution in [0.2, 0.25) is 0 Å². The van der Waals surface area contributed by atoms with Crippen LogP contribution in [0, 0.1) is 5.92 Å². The summed E-state index contributed by atoms with van der Waals surface area (Å²) in [6.07, 6.45) is -7.30.